The molecule has 1 amide bonds. The van der Waals surface area contributed by atoms with Gasteiger partial charge >= 0.3 is 5.97 Å². The van der Waals surface area contributed by atoms with E-state index in [-0.39, 0.29) is 30.2 Å². The van der Waals surface area contributed by atoms with Gasteiger partial charge in [0.2, 0.25) is 5.91 Å². The average Bonchev–Trinajstić information content (AvgIpc) is 2.65. The molecule has 0 aromatic heterocycles. The van der Waals surface area contributed by atoms with Crippen molar-refractivity contribution in [2.45, 2.75) is 25.7 Å². The normalized spacial score (nSPS) is 15.1. The number of ether oxygens (including phenoxy) is 1. The van der Waals surface area contributed by atoms with Crippen LogP contribution in [0.15, 0.2) is 24.3 Å². The number of hydrogen-bond acceptors (Lipinski definition) is 6. The van der Waals surface area contributed by atoms with E-state index in [1.165, 1.54) is 24.3 Å². The number of likely N-dealkylation sites (tertiary alicyclic amines) is 1. The Balaban J connectivity index is 1.83. The van der Waals surface area contributed by atoms with E-state index < -0.39 is 16.8 Å². The maximum Gasteiger partial charge on any atom is 0.338 e. The molecule has 1 aliphatic rings. The third kappa shape index (κ3) is 5.01. The Kier molecular flexibility index (Phi) is 6.46. The molecule has 1 unspecified atom stereocenters. The van der Waals surface area contributed by atoms with Gasteiger partial charge in [-0.2, -0.15) is 5.26 Å². The van der Waals surface area contributed by atoms with Crippen molar-refractivity contribution in [2.24, 2.45) is 5.92 Å². The molecule has 25 heavy (non-hydrogen) atoms. The lowest BCUT2D eigenvalue weighted by atomic mass is 10.0. The topological polar surface area (TPSA) is 114 Å². The summed E-state index contributed by atoms with van der Waals surface area (Å²) in [4.78, 5) is 35.9. The molecule has 1 atom stereocenters. The number of hydrogen-bond donors (Lipinski definition) is 0. The molecule has 0 radical (unpaired) electrons. The average molecular weight is 345 g/mol. The highest BCUT2D eigenvalue weighted by Crippen LogP contribution is 2.16. The molecule has 0 spiro atoms. The van der Waals surface area contributed by atoms with Gasteiger partial charge in [0, 0.05) is 31.6 Å². The Morgan fingerprint density at radius 2 is 1.88 bits per heavy atom. The van der Waals surface area contributed by atoms with Crippen molar-refractivity contribution in [3.05, 3.63) is 39.9 Å². The quantitative estimate of drug-likeness (QED) is 0.444. The molecule has 1 saturated heterocycles. The molecule has 0 aliphatic carbocycles. The number of piperidine rings is 1. The van der Waals surface area contributed by atoms with Crippen LogP contribution in [0.25, 0.3) is 0 Å². The van der Waals surface area contributed by atoms with Crippen LogP contribution in [-0.2, 0) is 9.53 Å². The zero-order chi connectivity index (χ0) is 18.2. The van der Waals surface area contributed by atoms with E-state index in [1.807, 2.05) is 6.07 Å². The molecule has 1 heterocycles. The van der Waals surface area contributed by atoms with E-state index in [4.69, 9.17) is 4.74 Å². The maximum atomic E-state index is 12.3. The second-order valence-corrected chi connectivity index (χ2v) is 5.80. The summed E-state index contributed by atoms with van der Waals surface area (Å²) in [7, 11) is 0. The summed E-state index contributed by atoms with van der Waals surface area (Å²) in [5.41, 5.74) is 0.0645. The lowest BCUT2D eigenvalue weighted by molar-refractivity contribution is -0.384. The number of nitrogens with zero attached hydrogens (tertiary/aromatic N) is 3. The summed E-state index contributed by atoms with van der Waals surface area (Å²) in [6.07, 6.45) is 3.11. The van der Waals surface area contributed by atoms with Gasteiger partial charge in [-0.3, -0.25) is 14.9 Å². The summed E-state index contributed by atoms with van der Waals surface area (Å²) in [6, 6.07) is 7.02. The number of rotatable bonds is 6. The zero-order valence-corrected chi connectivity index (χ0v) is 13.7. The highest BCUT2D eigenvalue weighted by atomic mass is 16.6. The van der Waals surface area contributed by atoms with E-state index in [1.54, 1.807) is 4.90 Å². The van der Waals surface area contributed by atoms with E-state index >= 15 is 0 Å². The molecule has 8 heteroatoms. The van der Waals surface area contributed by atoms with Gasteiger partial charge in [-0.1, -0.05) is 0 Å². The van der Waals surface area contributed by atoms with Gasteiger partial charge in [0.15, 0.2) is 0 Å². The van der Waals surface area contributed by atoms with Crippen LogP contribution in [0.1, 0.15) is 36.0 Å². The summed E-state index contributed by atoms with van der Waals surface area (Å²) in [6.45, 7) is 1.27. The van der Waals surface area contributed by atoms with Crippen LogP contribution in [0.3, 0.4) is 0 Å². The molecule has 1 aliphatic heterocycles. The fourth-order valence-electron chi connectivity index (χ4n) is 2.65. The van der Waals surface area contributed by atoms with Crippen LogP contribution < -0.4 is 0 Å². The number of esters is 1. The number of carbonyl (C=O) groups excluding carboxylic acids is 2. The fraction of sp³-hybridized carbons (Fsp3) is 0.471. The van der Waals surface area contributed by atoms with Crippen molar-refractivity contribution < 1.29 is 19.2 Å². The smallest absolute Gasteiger partial charge is 0.338 e. The van der Waals surface area contributed by atoms with Gasteiger partial charge in [0.05, 0.1) is 23.2 Å². The van der Waals surface area contributed by atoms with Crippen molar-refractivity contribution in [2.75, 3.05) is 19.7 Å². The SMILES string of the molecule is N#CC(CCOC(=O)c1ccc([N+](=O)[O-])cc1)C(=O)N1CCCCC1. The molecular weight excluding hydrogens is 326 g/mol. The second-order valence-electron chi connectivity index (χ2n) is 5.80. The minimum absolute atomic E-state index is 0.0619. The zero-order valence-electron chi connectivity index (χ0n) is 13.7. The van der Waals surface area contributed by atoms with E-state index in [9.17, 15) is 25.0 Å². The highest BCUT2D eigenvalue weighted by Gasteiger charge is 2.25. The lowest BCUT2D eigenvalue weighted by Crippen LogP contribution is -2.39. The van der Waals surface area contributed by atoms with Crippen molar-refractivity contribution in [3.8, 4) is 6.07 Å². The number of carbonyl (C=O) groups is 2. The molecular formula is C17H19N3O5. The number of nitro benzene ring substituents is 1. The van der Waals surface area contributed by atoms with Crippen LogP contribution >= 0.6 is 0 Å². The molecule has 8 nitrogen and oxygen atoms in total. The van der Waals surface area contributed by atoms with Gasteiger partial charge in [0.25, 0.3) is 5.69 Å². The molecule has 2 rings (SSSR count). The van der Waals surface area contributed by atoms with Gasteiger partial charge < -0.3 is 9.64 Å². The lowest BCUT2D eigenvalue weighted by Gasteiger charge is -2.28. The van der Waals surface area contributed by atoms with E-state index in [2.05, 4.69) is 0 Å². The van der Waals surface area contributed by atoms with Crippen LogP contribution in [0, 0.1) is 27.4 Å². The number of nitriles is 1. The van der Waals surface area contributed by atoms with Crippen LogP contribution in [0.5, 0.6) is 0 Å². The Bertz CT molecular complexity index is 675. The maximum absolute atomic E-state index is 12.3. The number of amides is 1. The van der Waals surface area contributed by atoms with Crippen LogP contribution in [-0.4, -0.2) is 41.4 Å². The van der Waals surface area contributed by atoms with Gasteiger partial charge in [0.1, 0.15) is 5.92 Å². The van der Waals surface area contributed by atoms with Crippen molar-refractivity contribution >= 4 is 17.6 Å². The largest absolute Gasteiger partial charge is 0.462 e. The molecule has 0 N–H and O–H groups in total. The first-order valence-electron chi connectivity index (χ1n) is 8.13. The summed E-state index contributed by atoms with van der Waals surface area (Å²) < 4.78 is 5.07. The summed E-state index contributed by atoms with van der Waals surface area (Å²) in [5.74, 6) is -1.69. The molecule has 1 fully saturated rings. The van der Waals surface area contributed by atoms with Crippen molar-refractivity contribution in [1.29, 1.82) is 5.26 Å². The molecule has 0 saturated carbocycles. The number of nitro groups is 1. The number of non-ortho nitro benzene ring substituents is 1. The Morgan fingerprint density at radius 1 is 1.24 bits per heavy atom. The highest BCUT2D eigenvalue weighted by molar-refractivity contribution is 5.89. The Hall–Kier alpha value is -2.95. The van der Waals surface area contributed by atoms with Gasteiger partial charge in [-0.25, -0.2) is 4.79 Å². The molecule has 0 bridgehead atoms. The number of benzene rings is 1. The summed E-state index contributed by atoms with van der Waals surface area (Å²) >= 11 is 0. The Morgan fingerprint density at radius 3 is 2.44 bits per heavy atom. The van der Waals surface area contributed by atoms with E-state index in [0.29, 0.717) is 13.1 Å². The van der Waals surface area contributed by atoms with Gasteiger partial charge in [-0.05, 0) is 31.4 Å². The van der Waals surface area contributed by atoms with Crippen LogP contribution in [0.4, 0.5) is 5.69 Å². The minimum Gasteiger partial charge on any atom is -0.462 e. The fourth-order valence-corrected chi connectivity index (χ4v) is 2.65. The first-order valence-corrected chi connectivity index (χ1v) is 8.13. The minimum atomic E-state index is -0.831. The second kappa shape index (κ2) is 8.78. The Labute approximate surface area is 145 Å². The first kappa shape index (κ1) is 18.4. The predicted molar refractivity (Wildman–Crippen MR) is 87.5 cm³/mol. The monoisotopic (exact) mass is 345 g/mol. The predicted octanol–water partition coefficient (Wildman–Crippen LogP) is 2.29. The third-order valence-electron chi connectivity index (χ3n) is 4.08. The molecule has 1 aromatic carbocycles. The van der Waals surface area contributed by atoms with Crippen molar-refractivity contribution in [1.82, 2.24) is 4.90 Å². The van der Waals surface area contributed by atoms with Gasteiger partial charge in [-0.15, -0.1) is 0 Å². The molecule has 1 aromatic rings. The van der Waals surface area contributed by atoms with Crippen molar-refractivity contribution in [3.63, 3.8) is 0 Å². The van der Waals surface area contributed by atoms with E-state index in [0.717, 1.165) is 19.3 Å². The third-order valence-corrected chi connectivity index (χ3v) is 4.08. The molecule has 132 valence electrons. The standard InChI is InChI=1S/C17H19N3O5/c18-12-14(16(21)19-9-2-1-3-10-19)8-11-25-17(22)13-4-6-15(7-5-13)20(23)24/h4-7,14H,1-3,8-11H2. The van der Waals surface area contributed by atoms with Crippen LogP contribution in [0.2, 0.25) is 0 Å². The first-order chi connectivity index (χ1) is 12.0. The summed E-state index contributed by atoms with van der Waals surface area (Å²) in [5, 5.41) is 19.8.